The molecule has 1 N–H and O–H groups in total. The number of nitrogens with zero attached hydrogens (tertiary/aromatic N) is 1. The van der Waals surface area contributed by atoms with E-state index in [1.165, 1.54) is 0 Å². The molecule has 1 aliphatic heterocycles. The first-order valence-electron chi connectivity index (χ1n) is 7.63. The van der Waals surface area contributed by atoms with E-state index in [0.717, 1.165) is 32.7 Å². The van der Waals surface area contributed by atoms with Crippen LogP contribution in [0.5, 0.6) is 0 Å². The Kier molecular flexibility index (Phi) is 4.88. The standard InChI is InChI=1S/C15H30N2O2/c1-6-18-14-9-13(15(14,3)4)16-11(2)12-10-17(5)7-8-19-12/h11-14,16H,6-10H2,1-5H3/t11-,12-,13-,14+/m0/s1. The number of nitrogens with one attached hydrogen (secondary N) is 1. The second-order valence-electron chi connectivity index (χ2n) is 6.68. The molecule has 4 heteroatoms. The van der Waals surface area contributed by atoms with E-state index in [-0.39, 0.29) is 5.41 Å². The van der Waals surface area contributed by atoms with Crippen LogP contribution in [0.4, 0.5) is 0 Å². The topological polar surface area (TPSA) is 33.7 Å². The van der Waals surface area contributed by atoms with Crippen LogP contribution in [-0.4, -0.2) is 62.5 Å². The Morgan fingerprint density at radius 3 is 2.79 bits per heavy atom. The largest absolute Gasteiger partial charge is 0.378 e. The monoisotopic (exact) mass is 270 g/mol. The van der Waals surface area contributed by atoms with Gasteiger partial charge in [0.15, 0.2) is 0 Å². The van der Waals surface area contributed by atoms with Gasteiger partial charge in [-0.1, -0.05) is 13.8 Å². The van der Waals surface area contributed by atoms with Gasteiger partial charge in [-0.3, -0.25) is 0 Å². The van der Waals surface area contributed by atoms with E-state index in [9.17, 15) is 0 Å². The molecule has 0 spiro atoms. The summed E-state index contributed by atoms with van der Waals surface area (Å²) in [6.07, 6.45) is 1.83. The SMILES string of the molecule is CCO[C@@H]1C[C@H](N[C@@H](C)[C@@H]2CN(C)CCO2)C1(C)C. The number of ether oxygens (including phenoxy) is 2. The quantitative estimate of drug-likeness (QED) is 0.821. The van der Waals surface area contributed by atoms with E-state index in [4.69, 9.17) is 9.47 Å². The predicted octanol–water partition coefficient (Wildman–Crippen LogP) is 1.50. The van der Waals surface area contributed by atoms with E-state index in [1.54, 1.807) is 0 Å². The molecule has 0 radical (unpaired) electrons. The van der Waals surface area contributed by atoms with Gasteiger partial charge < -0.3 is 19.7 Å². The van der Waals surface area contributed by atoms with E-state index in [2.05, 4.69) is 45.0 Å². The van der Waals surface area contributed by atoms with Crippen molar-refractivity contribution in [3.8, 4) is 0 Å². The maximum absolute atomic E-state index is 5.89. The van der Waals surface area contributed by atoms with Gasteiger partial charge in [-0.25, -0.2) is 0 Å². The number of hydrogen-bond donors (Lipinski definition) is 1. The van der Waals surface area contributed by atoms with Gasteiger partial charge in [0.05, 0.1) is 18.8 Å². The molecule has 0 unspecified atom stereocenters. The summed E-state index contributed by atoms with van der Waals surface area (Å²) >= 11 is 0. The van der Waals surface area contributed by atoms with Crippen LogP contribution in [0.1, 0.15) is 34.1 Å². The minimum atomic E-state index is 0.227. The van der Waals surface area contributed by atoms with Crippen molar-refractivity contribution in [1.82, 2.24) is 10.2 Å². The summed E-state index contributed by atoms with van der Waals surface area (Å²) in [5, 5.41) is 3.75. The normalized spacial score (nSPS) is 36.8. The molecule has 2 fully saturated rings. The van der Waals surface area contributed by atoms with Crippen molar-refractivity contribution in [2.24, 2.45) is 5.41 Å². The molecule has 4 nitrogen and oxygen atoms in total. The van der Waals surface area contributed by atoms with Crippen LogP contribution in [0.25, 0.3) is 0 Å². The van der Waals surface area contributed by atoms with Gasteiger partial charge in [0.2, 0.25) is 0 Å². The summed E-state index contributed by atoms with van der Waals surface area (Å²) in [6, 6.07) is 0.935. The smallest absolute Gasteiger partial charge is 0.0852 e. The molecule has 0 bridgehead atoms. The third-order valence-electron chi connectivity index (χ3n) is 4.86. The van der Waals surface area contributed by atoms with Gasteiger partial charge in [-0.05, 0) is 27.3 Å². The average Bonchev–Trinajstić information content (AvgIpc) is 2.37. The third kappa shape index (κ3) is 3.30. The maximum atomic E-state index is 5.89. The summed E-state index contributed by atoms with van der Waals surface area (Å²) in [4.78, 5) is 2.35. The number of rotatable bonds is 5. The molecular formula is C15H30N2O2. The van der Waals surface area contributed by atoms with E-state index in [0.29, 0.717) is 24.3 Å². The summed E-state index contributed by atoms with van der Waals surface area (Å²) in [5.74, 6) is 0. The summed E-state index contributed by atoms with van der Waals surface area (Å²) in [7, 11) is 2.17. The first kappa shape index (κ1) is 15.2. The second-order valence-corrected chi connectivity index (χ2v) is 6.68. The molecule has 1 saturated carbocycles. The molecule has 0 aromatic rings. The van der Waals surface area contributed by atoms with Gasteiger partial charge in [0, 0.05) is 37.2 Å². The summed E-state index contributed by atoms with van der Waals surface area (Å²) in [6.45, 7) is 12.7. The Labute approximate surface area is 117 Å². The van der Waals surface area contributed by atoms with Gasteiger partial charge in [0.25, 0.3) is 0 Å². The van der Waals surface area contributed by atoms with Crippen molar-refractivity contribution < 1.29 is 9.47 Å². The Bertz CT molecular complexity index is 296. The summed E-state index contributed by atoms with van der Waals surface area (Å²) in [5.41, 5.74) is 0.227. The molecule has 1 heterocycles. The van der Waals surface area contributed by atoms with Crippen molar-refractivity contribution in [2.75, 3.05) is 33.4 Å². The lowest BCUT2D eigenvalue weighted by atomic mass is 9.64. The molecule has 1 saturated heterocycles. The van der Waals surface area contributed by atoms with Gasteiger partial charge in [-0.15, -0.1) is 0 Å². The van der Waals surface area contributed by atoms with Crippen LogP contribution in [0.15, 0.2) is 0 Å². The molecule has 2 rings (SSSR count). The minimum absolute atomic E-state index is 0.227. The molecular weight excluding hydrogens is 240 g/mol. The lowest BCUT2D eigenvalue weighted by Gasteiger charge is -2.53. The van der Waals surface area contributed by atoms with Gasteiger partial charge in [0.1, 0.15) is 0 Å². The zero-order chi connectivity index (χ0) is 14.0. The molecule has 0 aromatic carbocycles. The number of morpholine rings is 1. The Morgan fingerprint density at radius 1 is 1.47 bits per heavy atom. The molecule has 1 aliphatic carbocycles. The van der Waals surface area contributed by atoms with E-state index < -0.39 is 0 Å². The maximum Gasteiger partial charge on any atom is 0.0852 e. The predicted molar refractivity (Wildman–Crippen MR) is 77.4 cm³/mol. The zero-order valence-electron chi connectivity index (χ0n) is 13.1. The van der Waals surface area contributed by atoms with Crippen molar-refractivity contribution in [2.45, 2.75) is 58.4 Å². The molecule has 2 aliphatic rings. The fourth-order valence-electron chi connectivity index (χ4n) is 3.19. The second kappa shape index (κ2) is 6.08. The Morgan fingerprint density at radius 2 is 2.21 bits per heavy atom. The van der Waals surface area contributed by atoms with E-state index >= 15 is 0 Å². The highest BCUT2D eigenvalue weighted by Gasteiger charge is 2.49. The number of hydrogen-bond acceptors (Lipinski definition) is 4. The highest BCUT2D eigenvalue weighted by molar-refractivity contribution is 5.04. The molecule has 0 amide bonds. The van der Waals surface area contributed by atoms with Gasteiger partial charge >= 0.3 is 0 Å². The Balaban J connectivity index is 1.81. The van der Waals surface area contributed by atoms with Crippen LogP contribution in [0.3, 0.4) is 0 Å². The lowest BCUT2D eigenvalue weighted by molar-refractivity contribution is -0.123. The fourth-order valence-corrected chi connectivity index (χ4v) is 3.19. The molecule has 4 atom stereocenters. The first-order chi connectivity index (χ1) is 8.95. The molecule has 0 aromatic heterocycles. The fraction of sp³-hybridized carbons (Fsp3) is 1.00. The van der Waals surface area contributed by atoms with Crippen molar-refractivity contribution in [3.05, 3.63) is 0 Å². The van der Waals surface area contributed by atoms with Crippen LogP contribution >= 0.6 is 0 Å². The van der Waals surface area contributed by atoms with Crippen molar-refractivity contribution in [1.29, 1.82) is 0 Å². The highest BCUT2D eigenvalue weighted by Crippen LogP contribution is 2.43. The molecule has 112 valence electrons. The lowest BCUT2D eigenvalue weighted by Crippen LogP contribution is -2.64. The van der Waals surface area contributed by atoms with Crippen LogP contribution in [0, 0.1) is 5.41 Å². The van der Waals surface area contributed by atoms with Crippen LogP contribution < -0.4 is 5.32 Å². The van der Waals surface area contributed by atoms with E-state index in [1.807, 2.05) is 0 Å². The minimum Gasteiger partial charge on any atom is -0.378 e. The zero-order valence-corrected chi connectivity index (χ0v) is 13.1. The van der Waals surface area contributed by atoms with Crippen molar-refractivity contribution in [3.63, 3.8) is 0 Å². The molecule has 19 heavy (non-hydrogen) atoms. The van der Waals surface area contributed by atoms with Crippen LogP contribution in [0.2, 0.25) is 0 Å². The van der Waals surface area contributed by atoms with Crippen molar-refractivity contribution >= 4 is 0 Å². The average molecular weight is 270 g/mol. The highest BCUT2D eigenvalue weighted by atomic mass is 16.5. The third-order valence-corrected chi connectivity index (χ3v) is 4.86. The number of likely N-dealkylation sites (N-methyl/N-ethyl adjacent to an activating group) is 1. The van der Waals surface area contributed by atoms with Crippen LogP contribution in [-0.2, 0) is 9.47 Å². The summed E-state index contributed by atoms with van der Waals surface area (Å²) < 4.78 is 11.7. The van der Waals surface area contributed by atoms with Gasteiger partial charge in [-0.2, -0.15) is 0 Å². The first-order valence-corrected chi connectivity index (χ1v) is 7.63. The Hall–Kier alpha value is -0.160.